The second-order valence-electron chi connectivity index (χ2n) is 19.7. The minimum Gasteiger partial charge on any atom is -0.506 e. The Morgan fingerprint density at radius 1 is 0.600 bits per heavy atom. The molecule has 0 spiro atoms. The largest absolute Gasteiger partial charge is 0.506 e. The van der Waals surface area contributed by atoms with Gasteiger partial charge in [0.15, 0.2) is 8.32 Å². The smallest absolute Gasteiger partial charge is 0.248 e. The number of hydrogen-bond acceptors (Lipinski definition) is 8. The molecule has 0 amide bonds. The molecule has 8 aromatic rings. The van der Waals surface area contributed by atoms with Crippen LogP contribution in [-0.4, -0.2) is 38.6 Å². The number of pyridine rings is 1. The highest BCUT2D eigenvalue weighted by Crippen LogP contribution is 2.47. The lowest BCUT2D eigenvalue weighted by Gasteiger charge is -2.47. The Morgan fingerprint density at radius 3 is 1.87 bits per heavy atom. The molecule has 8 rings (SSSR count). The second-order valence-corrected chi connectivity index (χ2v) is 24.4. The average molecular weight is 950 g/mol. The van der Waals surface area contributed by atoms with Crippen LogP contribution in [0.2, 0.25) is 18.1 Å². The first-order chi connectivity index (χ1) is 33.8. The highest BCUT2D eigenvalue weighted by Gasteiger charge is 2.47. The molecule has 360 valence electrons. The van der Waals surface area contributed by atoms with Gasteiger partial charge in [-0.3, -0.25) is 4.79 Å². The zero-order valence-corrected chi connectivity index (χ0v) is 42.4. The van der Waals surface area contributed by atoms with Crippen molar-refractivity contribution >= 4 is 30.6 Å². The number of rotatable bonds is 21. The Balaban J connectivity index is 1.01. The summed E-state index contributed by atoms with van der Waals surface area (Å²) in [6.07, 6.45) is 0.784. The molecule has 1 aromatic heterocycles. The molecular weight excluding hydrogens is 883 g/mol. The summed E-state index contributed by atoms with van der Waals surface area (Å²) in [5, 5.41) is 26.4. The molecule has 1 heterocycles. The Kier molecular flexibility index (Phi) is 15.8. The number of hydrogen-bond donors (Lipinski definition) is 6. The summed E-state index contributed by atoms with van der Waals surface area (Å²) in [4.78, 5) is 15.6. The molecule has 6 N–H and O–H groups in total. The first-order valence-corrected chi connectivity index (χ1v) is 27.2. The predicted octanol–water partition coefficient (Wildman–Crippen LogP) is 12.3. The molecule has 70 heavy (non-hydrogen) atoms. The summed E-state index contributed by atoms with van der Waals surface area (Å²) in [6.45, 7) is 15.5. The molecule has 0 fully saturated rings. The molecule has 0 saturated heterocycles. The van der Waals surface area contributed by atoms with Crippen LogP contribution in [0.15, 0.2) is 181 Å². The average Bonchev–Trinajstić information content (AvgIpc) is 3.36. The highest BCUT2D eigenvalue weighted by atomic mass is 28.4. The van der Waals surface area contributed by atoms with E-state index in [4.69, 9.17) is 9.16 Å². The number of fused-ring (bicyclic) bond motifs is 1. The van der Waals surface area contributed by atoms with Crippen LogP contribution in [0.4, 0.5) is 11.4 Å². The Morgan fingerprint density at radius 2 is 1.21 bits per heavy atom. The SMILES string of the molecule is COc1ccc(Nc2ccc(CCNC[C@@](O[Si](C)(C)C(C)(C)C)(c3cccc(CNCc4ccccc4)c3)c3ccc(O)c4[nH]c(=O)ccc34)cc2)cc1-c1cccc(CNCc2ccccc2)c1. The van der Waals surface area contributed by atoms with Crippen LogP contribution in [0.3, 0.4) is 0 Å². The lowest BCUT2D eigenvalue weighted by Crippen LogP contribution is -2.53. The van der Waals surface area contributed by atoms with Gasteiger partial charge in [-0.15, -0.1) is 0 Å². The summed E-state index contributed by atoms with van der Waals surface area (Å²) in [7, 11) is -0.804. The number of nitrogens with one attached hydrogen (secondary N) is 5. The van der Waals surface area contributed by atoms with Crippen LogP contribution >= 0.6 is 0 Å². The maximum absolute atomic E-state index is 12.7. The monoisotopic (exact) mass is 949 g/mol. The Hall–Kier alpha value is -6.79. The van der Waals surface area contributed by atoms with E-state index in [9.17, 15) is 9.90 Å². The van der Waals surface area contributed by atoms with Crippen LogP contribution in [0.5, 0.6) is 11.5 Å². The molecule has 1 atom stereocenters. The maximum Gasteiger partial charge on any atom is 0.248 e. The first kappa shape index (κ1) is 49.6. The zero-order valence-electron chi connectivity index (χ0n) is 41.4. The minimum absolute atomic E-state index is 0.0168. The molecule has 0 unspecified atom stereocenters. The van der Waals surface area contributed by atoms with E-state index < -0.39 is 13.9 Å². The van der Waals surface area contributed by atoms with Crippen molar-refractivity contribution in [3.05, 3.63) is 225 Å². The van der Waals surface area contributed by atoms with Gasteiger partial charge in [0.05, 0.1) is 12.6 Å². The fraction of sp³-hybridized carbons (Fsp3) is 0.250. The number of anilines is 2. The predicted molar refractivity (Wildman–Crippen MR) is 290 cm³/mol. The van der Waals surface area contributed by atoms with Gasteiger partial charge in [-0.2, -0.15) is 0 Å². The molecule has 9 nitrogen and oxygen atoms in total. The van der Waals surface area contributed by atoms with Crippen LogP contribution in [0.1, 0.15) is 59.7 Å². The van der Waals surface area contributed by atoms with Crippen LogP contribution < -0.4 is 31.6 Å². The maximum atomic E-state index is 12.7. The van der Waals surface area contributed by atoms with Crippen molar-refractivity contribution in [2.45, 2.75) is 77.1 Å². The van der Waals surface area contributed by atoms with Crippen molar-refractivity contribution in [1.82, 2.24) is 20.9 Å². The molecule has 0 saturated carbocycles. The number of ether oxygens (including phenoxy) is 1. The topological polar surface area (TPSA) is 120 Å². The number of aromatic hydroxyl groups is 1. The summed E-state index contributed by atoms with van der Waals surface area (Å²) in [6, 6.07) is 59.9. The van der Waals surface area contributed by atoms with E-state index in [2.05, 4.69) is 194 Å². The number of H-pyrrole nitrogens is 1. The van der Waals surface area contributed by atoms with E-state index in [1.54, 1.807) is 13.2 Å². The summed E-state index contributed by atoms with van der Waals surface area (Å²) in [5.41, 5.74) is 11.1. The van der Waals surface area contributed by atoms with Crippen molar-refractivity contribution < 1.29 is 14.3 Å². The van der Waals surface area contributed by atoms with Gasteiger partial charge in [0.2, 0.25) is 5.56 Å². The lowest BCUT2D eigenvalue weighted by molar-refractivity contribution is 0.0927. The third-order valence-electron chi connectivity index (χ3n) is 13.6. The molecule has 7 aromatic carbocycles. The van der Waals surface area contributed by atoms with Crippen molar-refractivity contribution in [2.24, 2.45) is 0 Å². The third-order valence-corrected chi connectivity index (χ3v) is 18.1. The van der Waals surface area contributed by atoms with Crippen molar-refractivity contribution in [3.8, 4) is 22.6 Å². The van der Waals surface area contributed by atoms with E-state index in [-0.39, 0.29) is 16.3 Å². The molecule has 0 aliphatic heterocycles. The normalized spacial score (nSPS) is 12.7. The van der Waals surface area contributed by atoms with Gasteiger partial charge in [-0.25, -0.2) is 0 Å². The number of benzene rings is 7. The number of aromatic nitrogens is 1. The van der Waals surface area contributed by atoms with Crippen molar-refractivity contribution in [1.29, 1.82) is 0 Å². The van der Waals surface area contributed by atoms with Crippen molar-refractivity contribution in [2.75, 3.05) is 25.5 Å². The molecule has 0 aliphatic rings. The number of phenolic OH excluding ortho intramolecular Hbond substituents is 1. The van der Waals surface area contributed by atoms with E-state index in [0.717, 1.165) is 76.4 Å². The fourth-order valence-corrected chi connectivity index (χ4v) is 10.3. The number of phenols is 1. The van der Waals surface area contributed by atoms with Crippen molar-refractivity contribution in [3.63, 3.8) is 0 Å². The summed E-state index contributed by atoms with van der Waals surface area (Å²) < 4.78 is 13.6. The van der Waals surface area contributed by atoms with Gasteiger partial charge < -0.3 is 40.5 Å². The van der Waals surface area contributed by atoms with Crippen LogP contribution in [0.25, 0.3) is 22.0 Å². The van der Waals surface area contributed by atoms with Gasteiger partial charge >= 0.3 is 0 Å². The zero-order chi connectivity index (χ0) is 49.1. The molecular formula is C60H67N5O4Si. The fourth-order valence-electron chi connectivity index (χ4n) is 8.79. The molecule has 0 bridgehead atoms. The quantitative estimate of drug-likeness (QED) is 0.0311. The first-order valence-electron chi connectivity index (χ1n) is 24.3. The van der Waals surface area contributed by atoms with Gasteiger partial charge in [0.1, 0.15) is 17.1 Å². The van der Waals surface area contributed by atoms with Gasteiger partial charge in [-0.05, 0) is 124 Å². The van der Waals surface area contributed by atoms with E-state index in [1.165, 1.54) is 28.3 Å². The Labute approximate surface area is 414 Å². The number of aromatic amines is 1. The second kappa shape index (κ2) is 22.3. The van der Waals surface area contributed by atoms with Gasteiger partial charge in [0, 0.05) is 61.1 Å². The standard InChI is InChI=1S/C60H67N5O4Si/c1-59(2,3)70(5,6)69-60(54-29-30-55(66)58-52(54)28-32-57(67)65-58,49-22-14-20-47(36-49)41-63-39-45-17-11-8-12-18-45)42-61-34-33-43-23-25-50(26-24-43)64-51-27-31-56(68-4)53(37-51)48-21-13-19-46(35-48)40-62-38-44-15-9-7-10-16-44/h7-32,35-37,61-64,66H,33-34,38-42H2,1-6H3,(H,65,67)/t60-/m1/s1. The van der Waals surface area contributed by atoms with Gasteiger partial charge in [0.25, 0.3) is 0 Å². The Bertz CT molecular complexity index is 3040. The summed E-state index contributed by atoms with van der Waals surface area (Å²) in [5.74, 6) is 0.835. The minimum atomic E-state index is -2.52. The van der Waals surface area contributed by atoms with E-state index in [1.807, 2.05) is 30.3 Å². The van der Waals surface area contributed by atoms with E-state index >= 15 is 0 Å². The van der Waals surface area contributed by atoms with Crippen LogP contribution in [0, 0.1) is 0 Å². The molecule has 10 heteroatoms. The molecule has 0 aliphatic carbocycles. The highest BCUT2D eigenvalue weighted by molar-refractivity contribution is 6.74. The van der Waals surface area contributed by atoms with Gasteiger partial charge in [-0.1, -0.05) is 142 Å². The van der Waals surface area contributed by atoms with Crippen LogP contribution in [-0.2, 0) is 42.6 Å². The van der Waals surface area contributed by atoms with E-state index in [0.29, 0.717) is 25.2 Å². The number of methoxy groups -OCH3 is 1. The summed E-state index contributed by atoms with van der Waals surface area (Å²) >= 11 is 0. The molecule has 0 radical (unpaired) electrons. The third kappa shape index (κ3) is 12.1. The lowest BCUT2D eigenvalue weighted by atomic mass is 9.83.